The van der Waals surface area contributed by atoms with Crippen LogP contribution in [0.4, 0.5) is 10.1 Å². The number of aryl methyl sites for hydroxylation is 1. The second-order valence-corrected chi connectivity index (χ2v) is 9.14. The van der Waals surface area contributed by atoms with Gasteiger partial charge in [-0.25, -0.2) is 12.8 Å². The lowest BCUT2D eigenvalue weighted by atomic mass is 10.1. The molecule has 0 aliphatic carbocycles. The molecule has 5 nitrogen and oxygen atoms in total. The fraction of sp³-hybridized carbons (Fsp3) is 0.136. The number of carbonyl (C=O) groups is 1. The van der Waals surface area contributed by atoms with Crippen LogP contribution in [-0.4, -0.2) is 21.4 Å². The van der Waals surface area contributed by atoms with E-state index in [9.17, 15) is 17.6 Å². The molecule has 0 bridgehead atoms. The summed E-state index contributed by atoms with van der Waals surface area (Å²) in [6.45, 7) is 2.05. The fourth-order valence-corrected chi connectivity index (χ4v) is 4.16. The summed E-state index contributed by atoms with van der Waals surface area (Å²) in [6, 6.07) is 16.7. The van der Waals surface area contributed by atoms with Gasteiger partial charge in [0.05, 0.1) is 21.2 Å². The van der Waals surface area contributed by atoms with Crippen molar-refractivity contribution in [2.45, 2.75) is 18.4 Å². The van der Waals surface area contributed by atoms with Crippen molar-refractivity contribution < 1.29 is 17.6 Å². The summed E-state index contributed by atoms with van der Waals surface area (Å²) >= 11 is 6.17. The van der Waals surface area contributed by atoms with E-state index in [1.165, 1.54) is 49.5 Å². The average molecular weight is 447 g/mol. The van der Waals surface area contributed by atoms with Crippen molar-refractivity contribution in [2.24, 2.45) is 0 Å². The van der Waals surface area contributed by atoms with Crippen molar-refractivity contribution in [3.63, 3.8) is 0 Å². The van der Waals surface area contributed by atoms with E-state index in [4.69, 9.17) is 11.6 Å². The molecule has 0 saturated heterocycles. The lowest BCUT2D eigenvalue weighted by Gasteiger charge is -2.20. The van der Waals surface area contributed by atoms with Crippen LogP contribution in [0.3, 0.4) is 0 Å². The Kier molecular flexibility index (Phi) is 6.43. The Morgan fingerprint density at radius 2 is 1.67 bits per heavy atom. The Balaban J connectivity index is 1.82. The molecule has 8 heteroatoms. The molecule has 0 radical (unpaired) electrons. The molecular weight excluding hydrogens is 427 g/mol. The van der Waals surface area contributed by atoms with Crippen LogP contribution in [0.1, 0.15) is 21.5 Å². The smallest absolute Gasteiger partial charge is 0.264 e. The topological polar surface area (TPSA) is 66.5 Å². The van der Waals surface area contributed by atoms with Crippen LogP contribution in [-0.2, 0) is 16.6 Å². The predicted octanol–water partition coefficient (Wildman–Crippen LogP) is 4.54. The quantitative estimate of drug-likeness (QED) is 0.604. The second-order valence-electron chi connectivity index (χ2n) is 6.76. The van der Waals surface area contributed by atoms with Gasteiger partial charge < -0.3 is 5.32 Å². The maximum absolute atomic E-state index is 13.0. The third-order valence-electron chi connectivity index (χ3n) is 4.60. The molecule has 156 valence electrons. The highest BCUT2D eigenvalue weighted by molar-refractivity contribution is 7.92. The molecule has 0 heterocycles. The average Bonchev–Trinajstić information content (AvgIpc) is 2.73. The monoisotopic (exact) mass is 446 g/mol. The number of carbonyl (C=O) groups excluding carboxylic acids is 1. The van der Waals surface area contributed by atoms with E-state index in [1.807, 2.05) is 6.92 Å². The van der Waals surface area contributed by atoms with Crippen molar-refractivity contribution in [2.75, 3.05) is 11.4 Å². The Morgan fingerprint density at radius 3 is 2.30 bits per heavy atom. The van der Waals surface area contributed by atoms with Gasteiger partial charge in [-0.3, -0.25) is 9.10 Å². The zero-order valence-corrected chi connectivity index (χ0v) is 18.0. The van der Waals surface area contributed by atoms with E-state index in [-0.39, 0.29) is 27.8 Å². The standard InChI is InChI=1S/C22H20ClFN2O3S/c1-15-3-10-19(11-4-15)30(28,29)26(2)18-9-12-21(23)20(13-18)22(27)25-14-16-5-7-17(24)8-6-16/h3-13H,14H2,1-2H3,(H,25,27). The van der Waals surface area contributed by atoms with Gasteiger partial charge >= 0.3 is 0 Å². The Morgan fingerprint density at radius 1 is 1.03 bits per heavy atom. The highest BCUT2D eigenvalue weighted by atomic mass is 35.5. The molecule has 0 aliphatic rings. The molecule has 3 aromatic rings. The van der Waals surface area contributed by atoms with Crippen LogP contribution in [0.2, 0.25) is 5.02 Å². The number of nitrogens with zero attached hydrogens (tertiary/aromatic N) is 1. The van der Waals surface area contributed by atoms with Crippen molar-refractivity contribution in [1.29, 1.82) is 0 Å². The number of hydrogen-bond acceptors (Lipinski definition) is 3. The Bertz CT molecular complexity index is 1160. The molecule has 3 rings (SSSR count). The number of hydrogen-bond donors (Lipinski definition) is 1. The van der Waals surface area contributed by atoms with Crippen LogP contribution in [0.25, 0.3) is 0 Å². The van der Waals surface area contributed by atoms with Gasteiger partial charge in [0.2, 0.25) is 0 Å². The van der Waals surface area contributed by atoms with E-state index in [0.717, 1.165) is 15.4 Å². The molecule has 0 aliphatic heterocycles. The van der Waals surface area contributed by atoms with Crippen LogP contribution >= 0.6 is 11.6 Å². The van der Waals surface area contributed by atoms with Gasteiger partial charge in [0.1, 0.15) is 5.82 Å². The third kappa shape index (κ3) is 4.80. The molecule has 3 aromatic carbocycles. The van der Waals surface area contributed by atoms with Gasteiger partial charge in [-0.05, 0) is 55.0 Å². The zero-order chi connectivity index (χ0) is 21.9. The molecule has 0 fully saturated rings. The summed E-state index contributed by atoms with van der Waals surface area (Å²) in [5.41, 5.74) is 2.11. The van der Waals surface area contributed by atoms with Crippen LogP contribution in [0.15, 0.2) is 71.6 Å². The Labute approximate surface area is 180 Å². The molecule has 1 N–H and O–H groups in total. The summed E-state index contributed by atoms with van der Waals surface area (Å²) in [5, 5.41) is 2.90. The molecule has 0 unspecified atom stereocenters. The number of halogens is 2. The van der Waals surface area contributed by atoms with Gasteiger partial charge in [0, 0.05) is 13.6 Å². The largest absolute Gasteiger partial charge is 0.348 e. The number of sulfonamides is 1. The van der Waals surface area contributed by atoms with Gasteiger partial charge in [-0.1, -0.05) is 41.4 Å². The highest BCUT2D eigenvalue weighted by Crippen LogP contribution is 2.27. The predicted molar refractivity (Wildman–Crippen MR) is 116 cm³/mol. The lowest BCUT2D eigenvalue weighted by Crippen LogP contribution is -2.27. The van der Waals surface area contributed by atoms with Crippen molar-refractivity contribution in [3.8, 4) is 0 Å². The molecular formula is C22H20ClFN2O3S. The number of rotatable bonds is 6. The second kappa shape index (κ2) is 8.85. The van der Waals surface area contributed by atoms with Gasteiger partial charge in [0.15, 0.2) is 0 Å². The number of anilines is 1. The minimum atomic E-state index is -3.80. The normalized spacial score (nSPS) is 11.2. The lowest BCUT2D eigenvalue weighted by molar-refractivity contribution is 0.0951. The summed E-state index contributed by atoms with van der Waals surface area (Å²) < 4.78 is 39.9. The maximum Gasteiger partial charge on any atom is 0.264 e. The maximum atomic E-state index is 13.0. The molecule has 30 heavy (non-hydrogen) atoms. The first kappa shape index (κ1) is 21.8. The molecule has 0 spiro atoms. The fourth-order valence-electron chi connectivity index (χ4n) is 2.77. The van der Waals surface area contributed by atoms with Crippen LogP contribution in [0.5, 0.6) is 0 Å². The molecule has 0 atom stereocenters. The summed E-state index contributed by atoms with van der Waals surface area (Å²) in [7, 11) is -2.39. The number of nitrogens with one attached hydrogen (secondary N) is 1. The zero-order valence-electron chi connectivity index (χ0n) is 16.4. The van der Waals surface area contributed by atoms with Crippen molar-refractivity contribution in [3.05, 3.63) is 94.3 Å². The van der Waals surface area contributed by atoms with Crippen molar-refractivity contribution in [1.82, 2.24) is 5.32 Å². The van der Waals surface area contributed by atoms with Gasteiger partial charge in [-0.15, -0.1) is 0 Å². The number of amides is 1. The van der Waals surface area contributed by atoms with E-state index >= 15 is 0 Å². The summed E-state index contributed by atoms with van der Waals surface area (Å²) in [4.78, 5) is 12.7. The van der Waals surface area contributed by atoms with E-state index in [2.05, 4.69) is 5.32 Å². The van der Waals surface area contributed by atoms with E-state index < -0.39 is 15.9 Å². The first-order chi connectivity index (χ1) is 14.2. The first-order valence-electron chi connectivity index (χ1n) is 9.06. The van der Waals surface area contributed by atoms with E-state index in [1.54, 1.807) is 24.3 Å². The Hall–Kier alpha value is -2.90. The summed E-state index contributed by atoms with van der Waals surface area (Å²) in [6.07, 6.45) is 0. The molecule has 0 aromatic heterocycles. The minimum absolute atomic E-state index is 0.141. The van der Waals surface area contributed by atoms with Gasteiger partial charge in [0.25, 0.3) is 15.9 Å². The SMILES string of the molecule is Cc1ccc(S(=O)(=O)N(C)c2ccc(Cl)c(C(=O)NCc3ccc(F)cc3)c2)cc1. The molecule has 0 saturated carbocycles. The van der Waals surface area contributed by atoms with Gasteiger partial charge in [-0.2, -0.15) is 0 Å². The number of benzene rings is 3. The van der Waals surface area contributed by atoms with E-state index in [0.29, 0.717) is 5.69 Å². The minimum Gasteiger partial charge on any atom is -0.348 e. The highest BCUT2D eigenvalue weighted by Gasteiger charge is 2.22. The van der Waals surface area contributed by atoms with Crippen LogP contribution in [0, 0.1) is 12.7 Å². The molecule has 1 amide bonds. The third-order valence-corrected chi connectivity index (χ3v) is 6.73. The van der Waals surface area contributed by atoms with Crippen molar-refractivity contribution >= 4 is 33.2 Å². The first-order valence-corrected chi connectivity index (χ1v) is 10.9. The van der Waals surface area contributed by atoms with Crippen LogP contribution < -0.4 is 9.62 Å². The summed E-state index contributed by atoms with van der Waals surface area (Å²) in [5.74, 6) is -0.828.